The van der Waals surface area contributed by atoms with Gasteiger partial charge in [0.15, 0.2) is 6.10 Å². The molecule has 9 heteroatoms. The number of aryl methyl sites for hydroxylation is 1. The Morgan fingerprint density at radius 1 is 1.05 bits per heavy atom. The number of benzene rings is 1. The number of hydrogen-bond acceptors (Lipinski definition) is 6. The molecule has 1 aromatic carbocycles. The van der Waals surface area contributed by atoms with Crippen LogP contribution in [0.4, 0.5) is 8.78 Å². The number of rotatable bonds is 6. The van der Waals surface area contributed by atoms with E-state index in [9.17, 15) is 13.6 Å². The highest BCUT2D eigenvalue weighted by Crippen LogP contribution is 2.30. The summed E-state index contributed by atoms with van der Waals surface area (Å²) >= 11 is 0. The Morgan fingerprint density at radius 3 is 2.62 bits per heavy atom. The Hall–Kier alpha value is -4.53. The summed E-state index contributed by atoms with van der Waals surface area (Å²) in [5.74, 6) is -1.33. The lowest BCUT2D eigenvalue weighted by Gasteiger charge is -2.15. The molecule has 1 amide bonds. The van der Waals surface area contributed by atoms with Crippen LogP contribution in [-0.4, -0.2) is 26.6 Å². The van der Waals surface area contributed by atoms with Crippen molar-refractivity contribution in [1.82, 2.24) is 20.3 Å². The molecular weight excluding hydrogens is 476 g/mol. The van der Waals surface area contributed by atoms with Crippen LogP contribution in [0.2, 0.25) is 0 Å². The third-order valence-corrected chi connectivity index (χ3v) is 6.01. The first kappa shape index (κ1) is 24.2. The number of carbonyl (C=O) groups is 1. The van der Waals surface area contributed by atoms with Gasteiger partial charge < -0.3 is 10.2 Å². The summed E-state index contributed by atoms with van der Waals surface area (Å²) in [4.78, 5) is 31.8. The van der Waals surface area contributed by atoms with E-state index in [1.54, 1.807) is 38.2 Å². The van der Waals surface area contributed by atoms with Crippen LogP contribution < -0.4 is 5.32 Å². The van der Waals surface area contributed by atoms with Crippen molar-refractivity contribution < 1.29 is 18.4 Å². The summed E-state index contributed by atoms with van der Waals surface area (Å²) in [7, 11) is 0. The van der Waals surface area contributed by atoms with Crippen molar-refractivity contribution in [3.8, 4) is 11.3 Å². The van der Waals surface area contributed by atoms with Crippen LogP contribution in [0.25, 0.3) is 11.3 Å². The number of nitrogens with one attached hydrogen (secondary N) is 1. The second kappa shape index (κ2) is 10.2. The van der Waals surface area contributed by atoms with Crippen molar-refractivity contribution >= 4 is 11.6 Å². The second-order valence-electron chi connectivity index (χ2n) is 8.80. The van der Waals surface area contributed by atoms with Gasteiger partial charge in [0.2, 0.25) is 0 Å². The molecule has 7 nitrogen and oxygen atoms in total. The van der Waals surface area contributed by atoms with Gasteiger partial charge in [0, 0.05) is 23.7 Å². The average molecular weight is 500 g/mol. The fraction of sp³-hybridized carbons (Fsp3) is 0.179. The van der Waals surface area contributed by atoms with Crippen molar-refractivity contribution in [1.29, 1.82) is 0 Å². The standard InChI is InChI=1S/C28H23F2N5O2/c1-16-6-8-20(21(30)11-16)24-12-18(28(36)33-17(2)22-9-7-19(29)15-32-22)13-25(34-24)26-14-27(37-35-26)23-5-3-4-10-31-23/h3-13,15,17,27H,14H2,1-2H3,(H,33,36)/t17-,27?/m1/s1. The molecule has 0 bridgehead atoms. The number of aromatic nitrogens is 3. The zero-order valence-corrected chi connectivity index (χ0v) is 20.2. The van der Waals surface area contributed by atoms with Gasteiger partial charge in [0.05, 0.1) is 35.0 Å². The van der Waals surface area contributed by atoms with Crippen molar-refractivity contribution in [3.63, 3.8) is 0 Å². The zero-order valence-electron chi connectivity index (χ0n) is 20.2. The van der Waals surface area contributed by atoms with Gasteiger partial charge in [-0.15, -0.1) is 0 Å². The molecule has 0 fully saturated rings. The monoisotopic (exact) mass is 499 g/mol. The number of hydrogen-bond donors (Lipinski definition) is 1. The van der Waals surface area contributed by atoms with E-state index in [-0.39, 0.29) is 22.9 Å². The van der Waals surface area contributed by atoms with Gasteiger partial charge in [-0.25, -0.2) is 13.8 Å². The normalized spacial score (nSPS) is 15.6. The van der Waals surface area contributed by atoms with Crippen LogP contribution in [0.1, 0.15) is 58.5 Å². The molecule has 2 atom stereocenters. The number of carbonyl (C=O) groups excluding carboxylic acids is 1. The van der Waals surface area contributed by atoms with E-state index < -0.39 is 23.6 Å². The molecule has 4 heterocycles. The molecule has 1 unspecified atom stereocenters. The molecule has 37 heavy (non-hydrogen) atoms. The maximum atomic E-state index is 14.9. The van der Waals surface area contributed by atoms with Gasteiger partial charge in [-0.1, -0.05) is 17.3 Å². The predicted octanol–water partition coefficient (Wildman–Crippen LogP) is 5.48. The molecule has 0 radical (unpaired) electrons. The highest BCUT2D eigenvalue weighted by atomic mass is 19.1. The van der Waals surface area contributed by atoms with E-state index in [4.69, 9.17) is 4.84 Å². The fourth-order valence-corrected chi connectivity index (χ4v) is 4.03. The smallest absolute Gasteiger partial charge is 0.251 e. The average Bonchev–Trinajstić information content (AvgIpc) is 3.40. The molecule has 4 aromatic rings. The molecule has 1 aliphatic rings. The predicted molar refractivity (Wildman–Crippen MR) is 134 cm³/mol. The lowest BCUT2D eigenvalue weighted by molar-refractivity contribution is 0.0826. The highest BCUT2D eigenvalue weighted by molar-refractivity contribution is 6.03. The van der Waals surface area contributed by atoms with Crippen molar-refractivity contribution in [2.24, 2.45) is 5.16 Å². The molecule has 3 aromatic heterocycles. The van der Waals surface area contributed by atoms with E-state index in [2.05, 4.69) is 25.4 Å². The van der Waals surface area contributed by atoms with Crippen LogP contribution >= 0.6 is 0 Å². The van der Waals surface area contributed by atoms with Gasteiger partial charge in [-0.2, -0.15) is 0 Å². The molecule has 0 aliphatic carbocycles. The third kappa shape index (κ3) is 5.35. The summed E-state index contributed by atoms with van der Waals surface area (Å²) < 4.78 is 28.1. The summed E-state index contributed by atoms with van der Waals surface area (Å²) in [6.07, 6.45) is 2.77. The Kier molecular flexibility index (Phi) is 6.68. The van der Waals surface area contributed by atoms with Crippen LogP contribution in [0, 0.1) is 18.6 Å². The molecule has 0 saturated carbocycles. The minimum atomic E-state index is -0.495. The Balaban J connectivity index is 1.48. The molecule has 1 aliphatic heterocycles. The Bertz CT molecular complexity index is 1480. The molecule has 186 valence electrons. The van der Waals surface area contributed by atoms with Crippen molar-refractivity contribution in [2.45, 2.75) is 32.4 Å². The molecular formula is C28H23F2N5O2. The first-order valence-corrected chi connectivity index (χ1v) is 11.7. The van der Waals surface area contributed by atoms with E-state index in [0.717, 1.165) is 17.5 Å². The highest BCUT2D eigenvalue weighted by Gasteiger charge is 2.27. The second-order valence-corrected chi connectivity index (χ2v) is 8.80. The fourth-order valence-electron chi connectivity index (χ4n) is 4.03. The van der Waals surface area contributed by atoms with Crippen LogP contribution in [0.3, 0.4) is 0 Å². The number of amides is 1. The Labute approximate surface area is 212 Å². The van der Waals surface area contributed by atoms with Gasteiger partial charge >= 0.3 is 0 Å². The lowest BCUT2D eigenvalue weighted by atomic mass is 10.0. The molecule has 1 N–H and O–H groups in total. The van der Waals surface area contributed by atoms with Gasteiger partial charge in [0.25, 0.3) is 5.91 Å². The largest absolute Gasteiger partial charge is 0.385 e. The van der Waals surface area contributed by atoms with Crippen molar-refractivity contribution in [3.05, 3.63) is 113 Å². The molecule has 0 spiro atoms. The molecule has 0 saturated heterocycles. The van der Waals surface area contributed by atoms with Crippen LogP contribution in [0.5, 0.6) is 0 Å². The Morgan fingerprint density at radius 2 is 1.89 bits per heavy atom. The summed E-state index contributed by atoms with van der Waals surface area (Å²) in [5.41, 5.74) is 3.72. The topological polar surface area (TPSA) is 89.4 Å². The minimum Gasteiger partial charge on any atom is -0.385 e. The first-order valence-electron chi connectivity index (χ1n) is 11.7. The maximum absolute atomic E-state index is 14.9. The number of nitrogens with zero attached hydrogens (tertiary/aromatic N) is 4. The van der Waals surface area contributed by atoms with Crippen molar-refractivity contribution in [2.75, 3.05) is 0 Å². The summed E-state index contributed by atoms with van der Waals surface area (Å²) in [5, 5.41) is 7.06. The van der Waals surface area contributed by atoms with Gasteiger partial charge in [-0.05, 0) is 67.9 Å². The quantitative estimate of drug-likeness (QED) is 0.379. The first-order chi connectivity index (χ1) is 17.9. The van der Waals surface area contributed by atoms with E-state index >= 15 is 0 Å². The maximum Gasteiger partial charge on any atom is 0.251 e. The summed E-state index contributed by atoms with van der Waals surface area (Å²) in [6.45, 7) is 3.54. The summed E-state index contributed by atoms with van der Waals surface area (Å²) in [6, 6.07) is 15.8. The minimum absolute atomic E-state index is 0.260. The number of pyridine rings is 3. The number of oxime groups is 1. The SMILES string of the molecule is Cc1ccc(-c2cc(C(=O)N[C@H](C)c3ccc(F)cn3)cc(C3=NOC(c4ccccn4)C3)n2)c(F)c1. The van der Waals surface area contributed by atoms with E-state index in [0.29, 0.717) is 23.5 Å². The van der Waals surface area contributed by atoms with Gasteiger partial charge in [0.1, 0.15) is 17.3 Å². The zero-order chi connectivity index (χ0) is 25.9. The van der Waals surface area contributed by atoms with E-state index in [1.807, 2.05) is 18.2 Å². The lowest BCUT2D eigenvalue weighted by Crippen LogP contribution is -2.27. The van der Waals surface area contributed by atoms with Crippen LogP contribution in [-0.2, 0) is 4.84 Å². The number of halogens is 2. The third-order valence-electron chi connectivity index (χ3n) is 6.01. The van der Waals surface area contributed by atoms with Crippen LogP contribution in [0.15, 0.2) is 78.2 Å². The van der Waals surface area contributed by atoms with E-state index in [1.165, 1.54) is 24.3 Å². The van der Waals surface area contributed by atoms with Gasteiger partial charge in [-0.3, -0.25) is 14.8 Å². The molecule has 5 rings (SSSR count).